The first-order chi connectivity index (χ1) is 8.69. The fourth-order valence-electron chi connectivity index (χ4n) is 2.39. The minimum atomic E-state index is -0.393. The first kappa shape index (κ1) is 13.0. The molecule has 1 fully saturated rings. The molecule has 1 atom stereocenters. The number of halogens is 1. The van der Waals surface area contributed by atoms with Crippen molar-refractivity contribution in [1.82, 2.24) is 4.90 Å². The van der Waals surface area contributed by atoms with Gasteiger partial charge in [-0.05, 0) is 25.8 Å². The Balaban J connectivity index is 2.26. The van der Waals surface area contributed by atoms with Crippen molar-refractivity contribution in [3.8, 4) is 6.07 Å². The third-order valence-electron chi connectivity index (χ3n) is 3.50. The lowest BCUT2D eigenvalue weighted by atomic mass is 10.0. The Morgan fingerprint density at radius 1 is 1.56 bits per heavy atom. The molecule has 0 amide bonds. The molecular formula is C14H18FN3. The van der Waals surface area contributed by atoms with Gasteiger partial charge in [0.15, 0.2) is 0 Å². The van der Waals surface area contributed by atoms with Crippen LogP contribution in [0.3, 0.4) is 0 Å². The molecule has 2 rings (SSSR count). The predicted molar refractivity (Wildman–Crippen MR) is 68.3 cm³/mol. The summed E-state index contributed by atoms with van der Waals surface area (Å²) in [5.41, 5.74) is 6.32. The van der Waals surface area contributed by atoms with Gasteiger partial charge in [-0.3, -0.25) is 4.90 Å². The molecule has 0 saturated heterocycles. The molecule has 0 heterocycles. The van der Waals surface area contributed by atoms with Gasteiger partial charge in [0.25, 0.3) is 0 Å². The summed E-state index contributed by atoms with van der Waals surface area (Å²) in [6.07, 6.45) is 2.31. The van der Waals surface area contributed by atoms with Gasteiger partial charge in [-0.25, -0.2) is 4.39 Å². The Bertz CT molecular complexity index is 463. The summed E-state index contributed by atoms with van der Waals surface area (Å²) in [5.74, 6) is -0.393. The maximum absolute atomic E-state index is 14.1. The maximum atomic E-state index is 14.1. The van der Waals surface area contributed by atoms with E-state index >= 15 is 0 Å². The molecule has 1 aromatic carbocycles. The van der Waals surface area contributed by atoms with Crippen LogP contribution in [0.5, 0.6) is 0 Å². The highest BCUT2D eigenvalue weighted by Gasteiger charge is 2.33. The van der Waals surface area contributed by atoms with Crippen LogP contribution in [-0.2, 0) is 0 Å². The number of nitrogens with zero attached hydrogens (tertiary/aromatic N) is 2. The van der Waals surface area contributed by atoms with Crippen molar-refractivity contribution in [3.63, 3.8) is 0 Å². The van der Waals surface area contributed by atoms with Crippen LogP contribution >= 0.6 is 0 Å². The monoisotopic (exact) mass is 247 g/mol. The second kappa shape index (κ2) is 5.47. The molecule has 96 valence electrons. The van der Waals surface area contributed by atoms with E-state index in [-0.39, 0.29) is 11.6 Å². The fraction of sp³-hybridized carbons (Fsp3) is 0.500. The van der Waals surface area contributed by atoms with Gasteiger partial charge in [-0.15, -0.1) is 0 Å². The second-order valence-electron chi connectivity index (χ2n) is 4.75. The number of hydrogen-bond donors (Lipinski definition) is 1. The predicted octanol–water partition coefficient (Wildman–Crippen LogP) is 2.18. The quantitative estimate of drug-likeness (QED) is 0.867. The lowest BCUT2D eigenvalue weighted by molar-refractivity contribution is 0.202. The minimum Gasteiger partial charge on any atom is -0.329 e. The summed E-state index contributed by atoms with van der Waals surface area (Å²) in [6.45, 7) is 3.32. The number of nitrogens with two attached hydrogens (primary N) is 1. The van der Waals surface area contributed by atoms with E-state index in [1.807, 2.05) is 13.0 Å². The molecule has 1 aliphatic rings. The van der Waals surface area contributed by atoms with Gasteiger partial charge in [0.1, 0.15) is 11.9 Å². The second-order valence-corrected chi connectivity index (χ2v) is 4.75. The topological polar surface area (TPSA) is 53.0 Å². The van der Waals surface area contributed by atoms with Crippen LogP contribution < -0.4 is 5.73 Å². The van der Waals surface area contributed by atoms with Crippen LogP contribution in [0, 0.1) is 17.1 Å². The van der Waals surface area contributed by atoms with Crippen LogP contribution in [0.1, 0.15) is 36.9 Å². The molecular weight excluding hydrogens is 229 g/mol. The van der Waals surface area contributed by atoms with Crippen LogP contribution in [-0.4, -0.2) is 24.0 Å². The molecule has 1 saturated carbocycles. The summed E-state index contributed by atoms with van der Waals surface area (Å²) in [4.78, 5) is 2.24. The van der Waals surface area contributed by atoms with Crippen LogP contribution in [0.15, 0.2) is 18.2 Å². The van der Waals surface area contributed by atoms with E-state index in [0.29, 0.717) is 18.2 Å². The molecule has 2 N–H and O–H groups in total. The van der Waals surface area contributed by atoms with Gasteiger partial charge in [-0.1, -0.05) is 12.1 Å². The zero-order chi connectivity index (χ0) is 13.1. The number of benzene rings is 1. The third kappa shape index (κ3) is 2.53. The Morgan fingerprint density at radius 3 is 2.83 bits per heavy atom. The largest absolute Gasteiger partial charge is 0.329 e. The molecule has 0 bridgehead atoms. The number of hydrogen-bond acceptors (Lipinski definition) is 3. The number of rotatable bonds is 5. The summed E-state index contributed by atoms with van der Waals surface area (Å²) in [5, 5.41) is 8.86. The summed E-state index contributed by atoms with van der Waals surface area (Å²) in [7, 11) is 0. The average molecular weight is 247 g/mol. The highest BCUT2D eigenvalue weighted by atomic mass is 19.1. The molecule has 18 heavy (non-hydrogen) atoms. The molecule has 0 aliphatic heterocycles. The molecule has 3 nitrogen and oxygen atoms in total. The van der Waals surface area contributed by atoms with E-state index in [2.05, 4.69) is 4.90 Å². The molecule has 0 aromatic heterocycles. The van der Waals surface area contributed by atoms with Gasteiger partial charge in [0, 0.05) is 30.7 Å². The zero-order valence-electron chi connectivity index (χ0n) is 10.6. The highest BCUT2D eigenvalue weighted by molar-refractivity contribution is 5.36. The Labute approximate surface area is 107 Å². The summed E-state index contributed by atoms with van der Waals surface area (Å²) in [6, 6.07) is 7.38. The third-order valence-corrected chi connectivity index (χ3v) is 3.50. The van der Waals surface area contributed by atoms with Crippen molar-refractivity contribution in [2.75, 3.05) is 13.1 Å². The fourth-order valence-corrected chi connectivity index (χ4v) is 2.39. The molecule has 1 unspecified atom stereocenters. The lowest BCUT2D eigenvalue weighted by Gasteiger charge is -2.29. The highest BCUT2D eigenvalue weighted by Crippen LogP contribution is 2.34. The van der Waals surface area contributed by atoms with Crippen molar-refractivity contribution in [1.29, 1.82) is 5.26 Å². The average Bonchev–Trinajstić information content (AvgIpc) is 3.20. The maximum Gasteiger partial charge on any atom is 0.145 e. The van der Waals surface area contributed by atoms with Gasteiger partial charge in [0.2, 0.25) is 0 Å². The molecule has 4 heteroatoms. The zero-order valence-corrected chi connectivity index (χ0v) is 10.6. The molecule has 1 aliphatic carbocycles. The Kier molecular flexibility index (Phi) is 3.95. The van der Waals surface area contributed by atoms with E-state index in [1.54, 1.807) is 12.1 Å². The van der Waals surface area contributed by atoms with Gasteiger partial charge < -0.3 is 5.73 Å². The summed E-state index contributed by atoms with van der Waals surface area (Å²) >= 11 is 0. The SMILES string of the molecule is CC(c1cccc(C#N)c1F)N(CCN)C1CC1. The molecule has 1 aromatic rings. The molecule has 0 radical (unpaired) electrons. The van der Waals surface area contributed by atoms with Gasteiger partial charge in [0.05, 0.1) is 5.56 Å². The van der Waals surface area contributed by atoms with E-state index in [9.17, 15) is 4.39 Å². The Hall–Kier alpha value is -1.44. The molecule has 0 spiro atoms. The normalized spacial score (nSPS) is 16.6. The minimum absolute atomic E-state index is 0.0330. The van der Waals surface area contributed by atoms with Gasteiger partial charge >= 0.3 is 0 Å². The van der Waals surface area contributed by atoms with E-state index in [4.69, 9.17) is 11.0 Å². The van der Waals surface area contributed by atoms with Crippen molar-refractivity contribution in [2.45, 2.75) is 31.8 Å². The standard InChI is InChI=1S/C14H18FN3/c1-10(18(8-7-16)12-5-6-12)13-4-2-3-11(9-17)14(13)15/h2-4,10,12H,5-8,16H2,1H3. The van der Waals surface area contributed by atoms with Crippen molar-refractivity contribution in [3.05, 3.63) is 35.1 Å². The summed E-state index contributed by atoms with van der Waals surface area (Å²) < 4.78 is 14.1. The first-order valence-electron chi connectivity index (χ1n) is 6.33. The van der Waals surface area contributed by atoms with Crippen molar-refractivity contribution in [2.24, 2.45) is 5.73 Å². The Morgan fingerprint density at radius 2 is 2.28 bits per heavy atom. The van der Waals surface area contributed by atoms with Crippen molar-refractivity contribution < 1.29 is 4.39 Å². The van der Waals surface area contributed by atoms with Gasteiger partial charge in [-0.2, -0.15) is 5.26 Å². The van der Waals surface area contributed by atoms with Crippen LogP contribution in [0.25, 0.3) is 0 Å². The first-order valence-corrected chi connectivity index (χ1v) is 6.33. The van der Waals surface area contributed by atoms with E-state index < -0.39 is 5.82 Å². The van der Waals surface area contributed by atoms with E-state index in [1.165, 1.54) is 6.07 Å². The smallest absolute Gasteiger partial charge is 0.145 e. The lowest BCUT2D eigenvalue weighted by Crippen LogP contribution is -2.34. The van der Waals surface area contributed by atoms with Crippen LogP contribution in [0.2, 0.25) is 0 Å². The van der Waals surface area contributed by atoms with Crippen LogP contribution in [0.4, 0.5) is 4.39 Å². The number of nitriles is 1. The van der Waals surface area contributed by atoms with E-state index in [0.717, 1.165) is 19.4 Å². The van der Waals surface area contributed by atoms with Crippen molar-refractivity contribution >= 4 is 0 Å².